The number of nitrogens with zero attached hydrogens (tertiary/aromatic N) is 1. The predicted molar refractivity (Wildman–Crippen MR) is 140 cm³/mol. The number of allylic oxidation sites excluding steroid dienone is 1. The van der Waals surface area contributed by atoms with Gasteiger partial charge in [0.2, 0.25) is 0 Å². The van der Waals surface area contributed by atoms with Crippen molar-refractivity contribution in [2.45, 2.75) is 136 Å². The molecule has 0 aliphatic carbocycles. The molecular weight excluding hydrogens is 378 g/mol. The molecule has 4 atom stereocenters. The van der Waals surface area contributed by atoms with Gasteiger partial charge < -0.3 is 10.6 Å². The summed E-state index contributed by atoms with van der Waals surface area (Å²) < 4.78 is 0. The number of rotatable bonds is 16. The van der Waals surface area contributed by atoms with Gasteiger partial charge in [0.25, 0.3) is 0 Å². The highest BCUT2D eigenvalue weighted by Crippen LogP contribution is 2.45. The zero-order chi connectivity index (χ0) is 23.5. The lowest BCUT2D eigenvalue weighted by molar-refractivity contribution is -0.0561. The van der Waals surface area contributed by atoms with Crippen molar-refractivity contribution in [3.05, 3.63) is 12.3 Å². The van der Waals surface area contributed by atoms with Gasteiger partial charge in [0.15, 0.2) is 0 Å². The summed E-state index contributed by atoms with van der Waals surface area (Å²) in [6.45, 7) is 22.8. The summed E-state index contributed by atoms with van der Waals surface area (Å²) in [5.41, 5.74) is 1.71. The van der Waals surface area contributed by atoms with E-state index in [4.69, 9.17) is 0 Å². The van der Waals surface area contributed by atoms with Crippen LogP contribution in [-0.2, 0) is 0 Å². The summed E-state index contributed by atoms with van der Waals surface area (Å²) in [5, 5.41) is 7.16. The predicted octanol–water partition coefficient (Wildman–Crippen LogP) is 7.13. The summed E-state index contributed by atoms with van der Waals surface area (Å²) >= 11 is 0. The van der Waals surface area contributed by atoms with E-state index in [1.165, 1.54) is 70.6 Å². The van der Waals surface area contributed by atoms with Crippen LogP contribution in [0, 0.1) is 11.8 Å². The molecule has 0 aromatic heterocycles. The molecule has 31 heavy (non-hydrogen) atoms. The fourth-order valence-corrected chi connectivity index (χ4v) is 6.11. The molecule has 1 aliphatic rings. The number of hydrogen-bond acceptors (Lipinski definition) is 3. The van der Waals surface area contributed by atoms with Crippen LogP contribution in [0.5, 0.6) is 0 Å². The fraction of sp³-hybridized carbons (Fsp3) is 0.929. The Balaban J connectivity index is 2.46. The Labute approximate surface area is 196 Å². The van der Waals surface area contributed by atoms with Gasteiger partial charge >= 0.3 is 0 Å². The smallest absolute Gasteiger partial charge is 0.0189 e. The first kappa shape index (κ1) is 28.5. The van der Waals surface area contributed by atoms with E-state index >= 15 is 0 Å². The van der Waals surface area contributed by atoms with Crippen LogP contribution in [0.1, 0.15) is 119 Å². The maximum absolute atomic E-state index is 3.89. The van der Waals surface area contributed by atoms with E-state index in [1.54, 1.807) is 0 Å². The molecule has 1 aliphatic heterocycles. The minimum Gasteiger partial charge on any atom is -0.389 e. The first-order valence-corrected chi connectivity index (χ1v) is 13.4. The highest BCUT2D eigenvalue weighted by atomic mass is 15.2. The molecule has 4 unspecified atom stereocenters. The van der Waals surface area contributed by atoms with Gasteiger partial charge in [0, 0.05) is 29.4 Å². The molecule has 1 rings (SSSR count). The Morgan fingerprint density at radius 3 is 2.29 bits per heavy atom. The molecule has 1 fully saturated rings. The Kier molecular flexibility index (Phi) is 12.8. The summed E-state index contributed by atoms with van der Waals surface area (Å²) in [6.07, 6.45) is 14.6. The van der Waals surface area contributed by atoms with E-state index in [0.29, 0.717) is 17.1 Å². The summed E-state index contributed by atoms with van der Waals surface area (Å²) in [5.74, 6) is 1.69. The standard InChI is InChI=1S/C28H57N3/c1-10-16-25(11-2)21-28(8)22-26(20-27(6,7)31(28)9)19-24(5)30-18-15-13-12-14-17-29-23(3)4/h24-26,29-30H,3,10-22H2,1-2,4-9H3. The lowest BCUT2D eigenvalue weighted by Crippen LogP contribution is -2.60. The Morgan fingerprint density at radius 2 is 1.71 bits per heavy atom. The van der Waals surface area contributed by atoms with Crippen molar-refractivity contribution >= 4 is 0 Å². The molecule has 0 spiro atoms. The van der Waals surface area contributed by atoms with Crippen LogP contribution in [-0.4, -0.2) is 42.2 Å². The van der Waals surface area contributed by atoms with Crippen LogP contribution < -0.4 is 10.6 Å². The summed E-state index contributed by atoms with van der Waals surface area (Å²) in [7, 11) is 2.39. The molecule has 184 valence electrons. The second-order valence-corrected chi connectivity index (χ2v) is 11.6. The SMILES string of the molecule is C=C(C)NCCCCCCNC(C)CC1CC(C)(C)N(C)C(C)(CC(CC)CCC)C1. The van der Waals surface area contributed by atoms with Crippen LogP contribution in [0.25, 0.3) is 0 Å². The van der Waals surface area contributed by atoms with Crippen molar-refractivity contribution in [3.8, 4) is 0 Å². The average Bonchev–Trinajstić information content (AvgIpc) is 2.67. The van der Waals surface area contributed by atoms with Gasteiger partial charge in [-0.1, -0.05) is 52.5 Å². The number of unbranched alkanes of at least 4 members (excludes halogenated alkanes) is 3. The highest BCUT2D eigenvalue weighted by Gasteiger charge is 2.46. The van der Waals surface area contributed by atoms with Crippen LogP contribution >= 0.6 is 0 Å². The quantitative estimate of drug-likeness (QED) is 0.252. The molecule has 2 N–H and O–H groups in total. The summed E-state index contributed by atoms with van der Waals surface area (Å²) in [6, 6.07) is 0.621. The van der Waals surface area contributed by atoms with E-state index in [-0.39, 0.29) is 0 Å². The molecule has 0 amide bonds. The lowest BCUT2D eigenvalue weighted by atomic mass is 9.68. The van der Waals surface area contributed by atoms with Gasteiger partial charge in [-0.05, 0) is 98.6 Å². The first-order valence-electron chi connectivity index (χ1n) is 13.4. The Morgan fingerprint density at radius 1 is 1.06 bits per heavy atom. The molecule has 1 heterocycles. The van der Waals surface area contributed by atoms with Crippen LogP contribution in [0.3, 0.4) is 0 Å². The van der Waals surface area contributed by atoms with Gasteiger partial charge in [0.05, 0.1) is 0 Å². The Hall–Kier alpha value is -0.540. The van der Waals surface area contributed by atoms with Crippen LogP contribution in [0.15, 0.2) is 12.3 Å². The van der Waals surface area contributed by atoms with Crippen molar-refractivity contribution < 1.29 is 0 Å². The van der Waals surface area contributed by atoms with E-state index in [0.717, 1.165) is 30.6 Å². The van der Waals surface area contributed by atoms with Gasteiger partial charge in [-0.3, -0.25) is 4.90 Å². The minimum atomic E-state index is 0.291. The second kappa shape index (κ2) is 13.9. The van der Waals surface area contributed by atoms with Crippen molar-refractivity contribution in [2.24, 2.45) is 11.8 Å². The lowest BCUT2D eigenvalue weighted by Gasteiger charge is -2.56. The monoisotopic (exact) mass is 435 g/mol. The maximum atomic E-state index is 3.89. The zero-order valence-corrected chi connectivity index (χ0v) is 22.6. The molecule has 0 aromatic carbocycles. The van der Waals surface area contributed by atoms with Crippen molar-refractivity contribution in [3.63, 3.8) is 0 Å². The molecule has 0 saturated carbocycles. The third-order valence-corrected chi connectivity index (χ3v) is 7.95. The van der Waals surface area contributed by atoms with Gasteiger partial charge in [-0.15, -0.1) is 0 Å². The zero-order valence-electron chi connectivity index (χ0n) is 22.6. The number of piperidine rings is 1. The molecular formula is C28H57N3. The van der Waals surface area contributed by atoms with Gasteiger partial charge in [-0.2, -0.15) is 0 Å². The van der Waals surface area contributed by atoms with Crippen molar-refractivity contribution in [2.75, 3.05) is 20.1 Å². The molecule has 0 aromatic rings. The molecule has 3 heteroatoms. The van der Waals surface area contributed by atoms with Gasteiger partial charge in [-0.25, -0.2) is 0 Å². The number of nitrogens with one attached hydrogen (secondary N) is 2. The van der Waals surface area contributed by atoms with Crippen LogP contribution in [0.4, 0.5) is 0 Å². The fourth-order valence-electron chi connectivity index (χ4n) is 6.11. The number of likely N-dealkylation sites (tertiary alicyclic amines) is 1. The third kappa shape index (κ3) is 10.3. The van der Waals surface area contributed by atoms with E-state index in [2.05, 4.69) is 70.7 Å². The number of hydrogen-bond donors (Lipinski definition) is 2. The average molecular weight is 436 g/mol. The molecule has 1 saturated heterocycles. The topological polar surface area (TPSA) is 27.3 Å². The second-order valence-electron chi connectivity index (χ2n) is 11.6. The largest absolute Gasteiger partial charge is 0.389 e. The van der Waals surface area contributed by atoms with E-state index in [9.17, 15) is 0 Å². The van der Waals surface area contributed by atoms with Crippen molar-refractivity contribution in [1.29, 1.82) is 0 Å². The molecule has 0 radical (unpaired) electrons. The van der Waals surface area contributed by atoms with Crippen molar-refractivity contribution in [1.82, 2.24) is 15.5 Å². The minimum absolute atomic E-state index is 0.291. The first-order chi connectivity index (χ1) is 14.5. The highest BCUT2D eigenvalue weighted by molar-refractivity contribution is 5.01. The normalized spacial score (nSPS) is 25.9. The third-order valence-electron chi connectivity index (χ3n) is 7.95. The Bertz CT molecular complexity index is 500. The molecule has 3 nitrogen and oxygen atoms in total. The van der Waals surface area contributed by atoms with E-state index in [1.807, 2.05) is 6.92 Å². The summed E-state index contributed by atoms with van der Waals surface area (Å²) in [4.78, 5) is 2.73. The van der Waals surface area contributed by atoms with E-state index < -0.39 is 0 Å². The maximum Gasteiger partial charge on any atom is 0.0189 e. The van der Waals surface area contributed by atoms with Crippen LogP contribution in [0.2, 0.25) is 0 Å². The van der Waals surface area contributed by atoms with Gasteiger partial charge in [0.1, 0.15) is 0 Å². The molecule has 0 bridgehead atoms.